The van der Waals surface area contributed by atoms with Crippen LogP contribution in [0.1, 0.15) is 12.5 Å². The second-order valence-electron chi connectivity index (χ2n) is 5.32. The molecule has 1 aromatic carbocycles. The van der Waals surface area contributed by atoms with Crippen molar-refractivity contribution in [2.45, 2.75) is 13.8 Å². The maximum atomic E-state index is 11.4. The average Bonchev–Trinajstić information content (AvgIpc) is 2.54. The van der Waals surface area contributed by atoms with Crippen LogP contribution >= 0.6 is 11.8 Å². The highest BCUT2D eigenvalue weighted by molar-refractivity contribution is 8.13. The van der Waals surface area contributed by atoms with Crippen molar-refractivity contribution in [1.29, 1.82) is 5.26 Å². The number of nitrogens with zero attached hydrogens (tertiary/aromatic N) is 4. The van der Waals surface area contributed by atoms with Gasteiger partial charge in [-0.05, 0) is 36.9 Å². The third-order valence-corrected chi connectivity index (χ3v) is 4.41. The number of hydrogen-bond acceptors (Lipinski definition) is 5. The standard InChI is InChI=1S/C16H21N5OS/c1-12-10-14(19-16(23-3)18-11-17)4-5-15(12)21-8-6-20(7-9-21)13(2)22/h4-5,10H,6-9H2,1-3H3,(H,18,19). The summed E-state index contributed by atoms with van der Waals surface area (Å²) in [5.41, 5.74) is 3.13. The highest BCUT2D eigenvalue weighted by atomic mass is 32.2. The number of rotatable bonds is 2. The molecule has 0 unspecified atom stereocenters. The van der Waals surface area contributed by atoms with E-state index in [9.17, 15) is 4.79 Å². The molecule has 0 aliphatic carbocycles. The number of piperazine rings is 1. The molecule has 23 heavy (non-hydrogen) atoms. The van der Waals surface area contributed by atoms with Gasteiger partial charge in [0.1, 0.15) is 0 Å². The monoisotopic (exact) mass is 331 g/mol. The van der Waals surface area contributed by atoms with Gasteiger partial charge in [-0.1, -0.05) is 11.8 Å². The van der Waals surface area contributed by atoms with Gasteiger partial charge in [0.15, 0.2) is 11.4 Å². The van der Waals surface area contributed by atoms with Gasteiger partial charge in [0.05, 0.1) is 5.69 Å². The molecule has 1 fully saturated rings. The van der Waals surface area contributed by atoms with Crippen molar-refractivity contribution in [3.05, 3.63) is 23.8 Å². The van der Waals surface area contributed by atoms with Crippen molar-refractivity contribution in [1.82, 2.24) is 10.2 Å². The van der Waals surface area contributed by atoms with Crippen molar-refractivity contribution in [3.63, 3.8) is 0 Å². The Morgan fingerprint density at radius 2 is 2.04 bits per heavy atom. The SMILES string of the molecule is CSC(=Nc1ccc(N2CCN(C(C)=O)CC2)c(C)c1)NC#N. The summed E-state index contributed by atoms with van der Waals surface area (Å²) >= 11 is 1.40. The van der Waals surface area contributed by atoms with Crippen LogP contribution in [0.3, 0.4) is 0 Å². The molecule has 2 rings (SSSR count). The summed E-state index contributed by atoms with van der Waals surface area (Å²) in [6.07, 6.45) is 3.76. The molecule has 1 aliphatic rings. The number of benzene rings is 1. The molecule has 6 nitrogen and oxygen atoms in total. The molecule has 0 radical (unpaired) electrons. The quantitative estimate of drug-likeness (QED) is 0.389. The van der Waals surface area contributed by atoms with E-state index >= 15 is 0 Å². The van der Waals surface area contributed by atoms with Gasteiger partial charge >= 0.3 is 0 Å². The van der Waals surface area contributed by atoms with Gasteiger partial charge in [0, 0.05) is 38.8 Å². The Kier molecular flexibility index (Phi) is 5.88. The van der Waals surface area contributed by atoms with E-state index in [1.54, 1.807) is 6.92 Å². The van der Waals surface area contributed by atoms with Gasteiger partial charge in [-0.2, -0.15) is 5.26 Å². The lowest BCUT2D eigenvalue weighted by Gasteiger charge is -2.36. The van der Waals surface area contributed by atoms with Gasteiger partial charge in [-0.3, -0.25) is 10.1 Å². The molecule has 0 atom stereocenters. The van der Waals surface area contributed by atoms with Crippen molar-refractivity contribution in [2.75, 3.05) is 37.3 Å². The molecular weight excluding hydrogens is 310 g/mol. The Labute approximate surface area is 141 Å². The lowest BCUT2D eigenvalue weighted by molar-refractivity contribution is -0.129. The predicted octanol–water partition coefficient (Wildman–Crippen LogP) is 2.08. The second-order valence-corrected chi connectivity index (χ2v) is 6.12. The molecule has 1 amide bonds. The third-order valence-electron chi connectivity index (χ3n) is 3.83. The van der Waals surface area contributed by atoms with Crippen LogP contribution in [0.25, 0.3) is 0 Å². The minimum atomic E-state index is 0.139. The lowest BCUT2D eigenvalue weighted by atomic mass is 10.1. The number of nitriles is 1. The van der Waals surface area contributed by atoms with Crippen LogP contribution in [0, 0.1) is 18.4 Å². The maximum absolute atomic E-state index is 11.4. The van der Waals surface area contributed by atoms with Crippen molar-refractivity contribution < 1.29 is 4.79 Å². The number of nitrogens with one attached hydrogen (secondary N) is 1. The lowest BCUT2D eigenvalue weighted by Crippen LogP contribution is -2.48. The van der Waals surface area contributed by atoms with Gasteiger partial charge < -0.3 is 9.80 Å². The van der Waals surface area contributed by atoms with E-state index in [2.05, 4.69) is 28.2 Å². The van der Waals surface area contributed by atoms with Crippen LogP contribution in [0.5, 0.6) is 0 Å². The molecule has 0 bridgehead atoms. The Bertz CT molecular complexity index is 644. The summed E-state index contributed by atoms with van der Waals surface area (Å²) in [7, 11) is 0. The maximum Gasteiger partial charge on any atom is 0.219 e. The molecule has 1 N–H and O–H groups in total. The van der Waals surface area contributed by atoms with Crippen LogP contribution in [-0.4, -0.2) is 48.4 Å². The summed E-state index contributed by atoms with van der Waals surface area (Å²) < 4.78 is 0. The Balaban J connectivity index is 2.11. The zero-order valence-corrected chi connectivity index (χ0v) is 14.5. The molecule has 1 heterocycles. The van der Waals surface area contributed by atoms with Crippen LogP contribution in [-0.2, 0) is 4.79 Å². The molecule has 0 aromatic heterocycles. The summed E-state index contributed by atoms with van der Waals surface area (Å²) in [4.78, 5) is 20.0. The van der Waals surface area contributed by atoms with Crippen LogP contribution < -0.4 is 10.2 Å². The molecule has 1 aromatic rings. The van der Waals surface area contributed by atoms with E-state index < -0.39 is 0 Å². The van der Waals surface area contributed by atoms with E-state index in [1.165, 1.54) is 17.4 Å². The topological polar surface area (TPSA) is 71.7 Å². The summed E-state index contributed by atoms with van der Waals surface area (Å²) in [5, 5.41) is 11.8. The predicted molar refractivity (Wildman–Crippen MR) is 95.0 cm³/mol. The van der Waals surface area contributed by atoms with E-state index in [-0.39, 0.29) is 5.91 Å². The fourth-order valence-electron chi connectivity index (χ4n) is 2.62. The second kappa shape index (κ2) is 7.88. The first-order valence-electron chi connectivity index (χ1n) is 7.44. The minimum absolute atomic E-state index is 0.139. The number of aryl methyl sites for hydroxylation is 1. The number of amidine groups is 1. The van der Waals surface area contributed by atoms with Crippen LogP contribution in [0.2, 0.25) is 0 Å². The molecule has 7 heteroatoms. The van der Waals surface area contributed by atoms with Gasteiger partial charge in [0.25, 0.3) is 0 Å². The van der Waals surface area contributed by atoms with Crippen LogP contribution in [0.4, 0.5) is 11.4 Å². The number of carbonyl (C=O) groups is 1. The van der Waals surface area contributed by atoms with E-state index in [1.807, 2.05) is 29.5 Å². The number of anilines is 1. The zero-order valence-electron chi connectivity index (χ0n) is 13.7. The average molecular weight is 331 g/mol. The first-order chi connectivity index (χ1) is 11.0. The van der Waals surface area contributed by atoms with Gasteiger partial charge in [-0.25, -0.2) is 4.99 Å². The smallest absolute Gasteiger partial charge is 0.219 e. The third kappa shape index (κ3) is 4.39. The van der Waals surface area contributed by atoms with Crippen LogP contribution in [0.15, 0.2) is 23.2 Å². The molecule has 1 saturated heterocycles. The molecular formula is C16H21N5OS. The van der Waals surface area contributed by atoms with Crippen molar-refractivity contribution in [3.8, 4) is 6.19 Å². The molecule has 1 aliphatic heterocycles. The molecule has 0 saturated carbocycles. The van der Waals surface area contributed by atoms with Crippen molar-refractivity contribution >= 4 is 34.2 Å². The number of hydrogen-bond donors (Lipinski definition) is 1. The Hall–Kier alpha value is -2.20. The highest BCUT2D eigenvalue weighted by Crippen LogP contribution is 2.26. The van der Waals surface area contributed by atoms with E-state index in [0.717, 1.165) is 37.4 Å². The Morgan fingerprint density at radius 1 is 1.35 bits per heavy atom. The first-order valence-corrected chi connectivity index (χ1v) is 8.66. The van der Waals surface area contributed by atoms with Gasteiger partial charge in [-0.15, -0.1) is 0 Å². The Morgan fingerprint density at radius 3 is 2.57 bits per heavy atom. The number of amides is 1. The first kappa shape index (κ1) is 17.2. The van der Waals surface area contributed by atoms with Crippen molar-refractivity contribution in [2.24, 2.45) is 4.99 Å². The normalized spacial score (nSPS) is 15.3. The fourth-order valence-corrected chi connectivity index (χ4v) is 2.96. The minimum Gasteiger partial charge on any atom is -0.368 e. The number of carbonyl (C=O) groups excluding carboxylic acids is 1. The fraction of sp³-hybridized carbons (Fsp3) is 0.438. The summed E-state index contributed by atoms with van der Waals surface area (Å²) in [6.45, 7) is 6.88. The van der Waals surface area contributed by atoms with E-state index in [4.69, 9.17) is 5.26 Å². The summed E-state index contributed by atoms with van der Waals surface area (Å²) in [6, 6.07) is 6.03. The number of aliphatic imine (C=N–C) groups is 1. The molecule has 0 spiro atoms. The molecule has 122 valence electrons. The number of thioether (sulfide) groups is 1. The largest absolute Gasteiger partial charge is 0.368 e. The van der Waals surface area contributed by atoms with Gasteiger partial charge in [0.2, 0.25) is 5.91 Å². The zero-order chi connectivity index (χ0) is 16.8. The highest BCUT2D eigenvalue weighted by Gasteiger charge is 2.19. The summed E-state index contributed by atoms with van der Waals surface area (Å²) in [5.74, 6) is 0.139. The van der Waals surface area contributed by atoms with E-state index in [0.29, 0.717) is 5.17 Å².